The smallest absolute Gasteiger partial charge is 0.539 e. The van der Waals surface area contributed by atoms with Crippen LogP contribution in [-0.4, -0.2) is 56.3 Å². The van der Waals surface area contributed by atoms with Crippen LogP contribution >= 0.6 is 0 Å². The quantitative estimate of drug-likeness (QED) is 0.259. The molecule has 16 heavy (non-hydrogen) atoms. The molecule has 0 saturated carbocycles. The van der Waals surface area contributed by atoms with Crippen LogP contribution in [-0.2, 0) is 27.4 Å². The van der Waals surface area contributed by atoms with E-state index in [1.165, 1.54) is 0 Å². The van der Waals surface area contributed by atoms with Gasteiger partial charge < -0.3 is 53.7 Å². The lowest BCUT2D eigenvalue weighted by Crippen LogP contribution is -2.69. The largest absolute Gasteiger partial charge is 0.582 e. The zero-order valence-corrected chi connectivity index (χ0v) is 8.13. The summed E-state index contributed by atoms with van der Waals surface area (Å²) in [6, 6.07) is 0. The van der Waals surface area contributed by atoms with Crippen molar-refractivity contribution >= 4 is 36.2 Å². The highest BCUT2D eigenvalue weighted by atomic mass is 17.0. The number of hydrogen-bond donors (Lipinski definition) is 5. The van der Waals surface area contributed by atoms with Crippen molar-refractivity contribution in [2.75, 3.05) is 0 Å². The highest BCUT2D eigenvalue weighted by Crippen LogP contribution is 2.23. The monoisotopic (exact) mass is 237 g/mol. The first-order valence-corrected chi connectivity index (χ1v) is 3.86. The van der Waals surface area contributed by atoms with Gasteiger partial charge in [0.1, 0.15) is 0 Å². The number of rotatable bonds is 0. The molecule has 0 aromatic carbocycles. The van der Waals surface area contributed by atoms with Crippen molar-refractivity contribution in [3.63, 3.8) is 0 Å². The predicted octanol–water partition coefficient (Wildman–Crippen LogP) is -4.17. The molecule has 2 fully saturated rings. The van der Waals surface area contributed by atoms with E-state index in [4.69, 9.17) is 20.1 Å². The zero-order valence-electron chi connectivity index (χ0n) is 8.13. The molecule has 0 unspecified atom stereocenters. The van der Waals surface area contributed by atoms with E-state index in [1.807, 2.05) is 0 Å². The van der Waals surface area contributed by atoms with E-state index in [9.17, 15) is 0 Å². The van der Waals surface area contributed by atoms with Gasteiger partial charge in [-0.3, -0.25) is 0 Å². The third-order valence-electron chi connectivity index (χ3n) is 1.60. The molecule has 1 spiro atoms. The van der Waals surface area contributed by atoms with Crippen LogP contribution in [0.5, 0.6) is 0 Å². The SMILES string of the molecule is OB1OB(O)O[B-]2(O1)OB(O)OB(O)O2.[NH4+]. The summed E-state index contributed by atoms with van der Waals surface area (Å²) in [4.78, 5) is 0. The van der Waals surface area contributed by atoms with E-state index in [0.717, 1.165) is 0 Å². The first-order valence-electron chi connectivity index (χ1n) is 3.86. The van der Waals surface area contributed by atoms with E-state index in [0.29, 0.717) is 0 Å². The second-order valence-corrected chi connectivity index (χ2v) is 2.62. The molecule has 11 nitrogen and oxygen atoms in total. The Kier molecular flexibility index (Phi) is 4.38. The Balaban J connectivity index is 0.00000128. The van der Waals surface area contributed by atoms with Gasteiger partial charge in [-0.1, -0.05) is 0 Å². The zero-order chi connectivity index (χ0) is 11.1. The van der Waals surface area contributed by atoms with Gasteiger partial charge in [0.05, 0.1) is 0 Å². The summed E-state index contributed by atoms with van der Waals surface area (Å²) < 4.78 is 26.4. The van der Waals surface area contributed by atoms with Crippen molar-refractivity contribution in [1.29, 1.82) is 0 Å². The van der Waals surface area contributed by atoms with E-state index >= 15 is 0 Å². The van der Waals surface area contributed by atoms with Crippen LogP contribution in [0, 0.1) is 0 Å². The van der Waals surface area contributed by atoms with Crippen LogP contribution in [0.25, 0.3) is 0 Å². The van der Waals surface area contributed by atoms with E-state index in [-0.39, 0.29) is 6.15 Å². The molecule has 0 aliphatic carbocycles. The molecule has 2 saturated heterocycles. The fourth-order valence-electron chi connectivity index (χ4n) is 1.09. The summed E-state index contributed by atoms with van der Waals surface area (Å²) in [5.41, 5.74) is 0. The topological polar surface area (TPSA) is 173 Å². The minimum atomic E-state index is -3.21. The average molecular weight is 236 g/mol. The predicted molar refractivity (Wildman–Crippen MR) is 50.1 cm³/mol. The molecule has 2 rings (SSSR count). The molecule has 0 bridgehead atoms. The van der Waals surface area contributed by atoms with E-state index in [1.54, 1.807) is 0 Å². The number of quaternary nitrogens is 1. The summed E-state index contributed by atoms with van der Waals surface area (Å²) in [6.07, 6.45) is 0. The molecule has 2 heterocycles. The Bertz CT molecular complexity index is 190. The molecule has 16 heteroatoms. The molecule has 0 atom stereocenters. The minimum Gasteiger partial charge on any atom is -0.539 e. The van der Waals surface area contributed by atoms with Crippen molar-refractivity contribution in [2.24, 2.45) is 0 Å². The second-order valence-electron chi connectivity index (χ2n) is 2.62. The van der Waals surface area contributed by atoms with Crippen LogP contribution in [0.15, 0.2) is 0 Å². The van der Waals surface area contributed by atoms with Crippen LogP contribution in [0.1, 0.15) is 0 Å². The summed E-state index contributed by atoms with van der Waals surface area (Å²) in [5, 5.41) is 35.7. The Morgan fingerprint density at radius 2 is 0.875 bits per heavy atom. The van der Waals surface area contributed by atoms with Gasteiger partial charge in [0.15, 0.2) is 0 Å². The van der Waals surface area contributed by atoms with Crippen LogP contribution < -0.4 is 6.15 Å². The third kappa shape index (κ3) is 2.96. The maximum Gasteiger partial charge on any atom is 0.582 e. The van der Waals surface area contributed by atoms with Gasteiger partial charge in [-0.15, -0.1) is 0 Å². The lowest BCUT2D eigenvalue weighted by atomic mass is 9.84. The first kappa shape index (κ1) is 13.9. The van der Waals surface area contributed by atoms with Gasteiger partial charge in [0.2, 0.25) is 0 Å². The van der Waals surface area contributed by atoms with Crippen LogP contribution in [0.2, 0.25) is 0 Å². The van der Waals surface area contributed by atoms with Crippen molar-refractivity contribution in [2.45, 2.75) is 0 Å². The lowest BCUT2D eigenvalue weighted by Gasteiger charge is -2.49. The Morgan fingerprint density at radius 1 is 0.625 bits per heavy atom. The molecule has 0 amide bonds. The standard InChI is InChI=1S/B5H4O10.H3N/c6-1-10-2(7)13-5(12-1)14-3(8)11-4(9)15-5;/h6-9H;1H3/q-1;/p+1. The minimum absolute atomic E-state index is 0. The van der Waals surface area contributed by atoms with Gasteiger partial charge in [-0.25, -0.2) is 0 Å². The normalized spacial score (nSPS) is 24.8. The first-order chi connectivity index (χ1) is 6.99. The van der Waals surface area contributed by atoms with Gasteiger partial charge in [-0.2, -0.15) is 0 Å². The molecule has 88 valence electrons. The highest BCUT2D eigenvalue weighted by Gasteiger charge is 2.53. The van der Waals surface area contributed by atoms with E-state index < -0.39 is 36.2 Å². The Labute approximate surface area is 90.9 Å². The van der Waals surface area contributed by atoms with Crippen molar-refractivity contribution in [3.05, 3.63) is 0 Å². The average Bonchev–Trinajstić information content (AvgIpc) is 1.96. The van der Waals surface area contributed by atoms with Crippen molar-refractivity contribution in [3.8, 4) is 0 Å². The molecule has 0 aromatic rings. The summed E-state index contributed by atoms with van der Waals surface area (Å²) >= 11 is 0. The van der Waals surface area contributed by atoms with Crippen LogP contribution in [0.4, 0.5) is 0 Å². The Morgan fingerprint density at radius 3 is 1.12 bits per heavy atom. The van der Waals surface area contributed by atoms with Crippen molar-refractivity contribution in [1.82, 2.24) is 6.15 Å². The summed E-state index contributed by atoms with van der Waals surface area (Å²) in [7, 11) is -7.59. The Hall–Kier alpha value is -0.115. The molecular formula is H8B5NO10. The third-order valence-corrected chi connectivity index (χ3v) is 1.60. The second kappa shape index (κ2) is 5.03. The summed E-state index contributed by atoms with van der Waals surface area (Å²) in [6.45, 7) is -3.21. The fraction of sp³-hybridized carbons (Fsp3) is 0. The molecule has 2 aliphatic rings. The van der Waals surface area contributed by atoms with Gasteiger partial charge in [0, 0.05) is 0 Å². The summed E-state index contributed by atoms with van der Waals surface area (Å²) in [5.74, 6) is 0. The molecule has 2 aliphatic heterocycles. The molecule has 0 aromatic heterocycles. The van der Waals surface area contributed by atoms with Gasteiger partial charge in [-0.05, 0) is 0 Å². The van der Waals surface area contributed by atoms with E-state index in [2.05, 4.69) is 27.4 Å². The maximum atomic E-state index is 8.94. The maximum absolute atomic E-state index is 8.94. The highest BCUT2D eigenvalue weighted by molar-refractivity contribution is 6.81. The molecule has 0 radical (unpaired) electrons. The van der Waals surface area contributed by atoms with Crippen LogP contribution in [0.3, 0.4) is 0 Å². The van der Waals surface area contributed by atoms with Crippen molar-refractivity contribution < 1.29 is 47.5 Å². The molecular weight excluding hydrogens is 228 g/mol. The lowest BCUT2D eigenvalue weighted by molar-refractivity contribution is 0.0156. The van der Waals surface area contributed by atoms with Gasteiger partial charge >= 0.3 is 36.2 Å². The van der Waals surface area contributed by atoms with Gasteiger partial charge in [0.25, 0.3) is 0 Å². The molecule has 8 N–H and O–H groups in total. The fourth-order valence-corrected chi connectivity index (χ4v) is 1.09. The number of hydrogen-bond acceptors (Lipinski definition) is 10.